The lowest BCUT2D eigenvalue weighted by Gasteiger charge is -2.47. The van der Waals surface area contributed by atoms with Gasteiger partial charge >= 0.3 is 0 Å². The Morgan fingerprint density at radius 3 is 2.63 bits per heavy atom. The molecule has 27 heavy (non-hydrogen) atoms. The molecule has 3 fully saturated rings. The van der Waals surface area contributed by atoms with Gasteiger partial charge in [-0.2, -0.15) is 0 Å². The third-order valence-corrected chi connectivity index (χ3v) is 5.84. The molecule has 3 aliphatic heterocycles. The van der Waals surface area contributed by atoms with Crippen molar-refractivity contribution in [2.75, 3.05) is 45.8 Å². The Morgan fingerprint density at radius 2 is 1.89 bits per heavy atom. The van der Waals surface area contributed by atoms with Gasteiger partial charge in [0.1, 0.15) is 0 Å². The molecule has 2 aromatic rings. The summed E-state index contributed by atoms with van der Waals surface area (Å²) in [5.41, 5.74) is 1.31. The molecule has 0 amide bonds. The first-order valence-electron chi connectivity index (χ1n) is 10.2. The summed E-state index contributed by atoms with van der Waals surface area (Å²) >= 11 is 0. The molecule has 5 rings (SSSR count). The molecule has 3 heterocycles. The van der Waals surface area contributed by atoms with Gasteiger partial charge in [-0.15, -0.1) is 0 Å². The van der Waals surface area contributed by atoms with Crippen molar-refractivity contribution in [2.24, 2.45) is 4.99 Å². The van der Waals surface area contributed by atoms with Crippen LogP contribution in [0, 0.1) is 0 Å². The number of piperazine rings is 3. The minimum absolute atomic E-state index is 0.195. The van der Waals surface area contributed by atoms with E-state index >= 15 is 0 Å². The van der Waals surface area contributed by atoms with E-state index in [1.165, 1.54) is 42.5 Å². The fraction of sp³-hybridized carbons (Fsp3) is 0.500. The minimum Gasteiger partial charge on any atom is -0.357 e. The molecule has 5 nitrogen and oxygen atoms in total. The number of benzene rings is 2. The van der Waals surface area contributed by atoms with Gasteiger partial charge in [-0.25, -0.2) is 0 Å². The summed E-state index contributed by atoms with van der Waals surface area (Å²) in [4.78, 5) is 10.1. The Labute approximate surface area is 162 Å². The summed E-state index contributed by atoms with van der Waals surface area (Å²) in [6.07, 6.45) is 0. The average Bonchev–Trinajstić information content (AvgIpc) is 2.72. The highest BCUT2D eigenvalue weighted by molar-refractivity contribution is 5.87. The number of guanidine groups is 1. The van der Waals surface area contributed by atoms with Crippen molar-refractivity contribution in [2.45, 2.75) is 25.9 Å². The van der Waals surface area contributed by atoms with E-state index in [4.69, 9.17) is 4.99 Å². The second-order valence-electron chi connectivity index (χ2n) is 7.64. The van der Waals surface area contributed by atoms with E-state index in [9.17, 15) is 0 Å². The van der Waals surface area contributed by atoms with E-state index in [2.05, 4.69) is 76.7 Å². The van der Waals surface area contributed by atoms with Gasteiger partial charge in [-0.1, -0.05) is 42.5 Å². The molecule has 2 atom stereocenters. The summed E-state index contributed by atoms with van der Waals surface area (Å²) in [5.74, 6) is 0.913. The summed E-state index contributed by atoms with van der Waals surface area (Å²) < 4.78 is 0. The number of fused-ring (bicyclic) bond motifs is 4. The van der Waals surface area contributed by atoms with E-state index in [0.717, 1.165) is 25.6 Å². The van der Waals surface area contributed by atoms with Crippen LogP contribution in [0.15, 0.2) is 47.5 Å². The Morgan fingerprint density at radius 1 is 1.11 bits per heavy atom. The lowest BCUT2D eigenvalue weighted by molar-refractivity contribution is 0.0174. The summed E-state index contributed by atoms with van der Waals surface area (Å²) in [6.45, 7) is 12.0. The maximum absolute atomic E-state index is 4.93. The zero-order valence-corrected chi connectivity index (χ0v) is 16.5. The molecule has 2 N–H and O–H groups in total. The highest BCUT2D eigenvalue weighted by atomic mass is 15.3. The molecule has 0 aromatic heterocycles. The Hall–Kier alpha value is -2.11. The van der Waals surface area contributed by atoms with Crippen molar-refractivity contribution in [3.05, 3.63) is 48.0 Å². The fourth-order valence-corrected chi connectivity index (χ4v) is 4.33. The first-order valence-corrected chi connectivity index (χ1v) is 10.2. The predicted octanol–water partition coefficient (Wildman–Crippen LogP) is 2.46. The number of hydrogen-bond acceptors (Lipinski definition) is 3. The van der Waals surface area contributed by atoms with Gasteiger partial charge in [0.15, 0.2) is 5.96 Å². The van der Waals surface area contributed by atoms with Crippen LogP contribution in [-0.4, -0.2) is 67.6 Å². The smallest absolute Gasteiger partial charge is 0.191 e. The number of nitrogens with zero attached hydrogens (tertiary/aromatic N) is 3. The summed E-state index contributed by atoms with van der Waals surface area (Å²) in [5, 5.41) is 9.63. The van der Waals surface area contributed by atoms with Gasteiger partial charge in [0.25, 0.3) is 0 Å². The van der Waals surface area contributed by atoms with Gasteiger partial charge in [0.2, 0.25) is 0 Å². The second kappa shape index (κ2) is 8.28. The highest BCUT2D eigenvalue weighted by Gasteiger charge is 2.31. The van der Waals surface area contributed by atoms with Gasteiger partial charge in [0.05, 0.1) is 12.6 Å². The third kappa shape index (κ3) is 4.09. The largest absolute Gasteiger partial charge is 0.357 e. The maximum atomic E-state index is 4.93. The molecule has 3 aliphatic rings. The van der Waals surface area contributed by atoms with Gasteiger partial charge in [-0.05, 0) is 30.2 Å². The van der Waals surface area contributed by atoms with E-state index in [-0.39, 0.29) is 6.04 Å². The molecule has 0 radical (unpaired) electrons. The minimum atomic E-state index is 0.195. The van der Waals surface area contributed by atoms with E-state index in [1.807, 2.05) is 0 Å². The number of rotatable bonds is 5. The Bertz CT molecular complexity index is 789. The van der Waals surface area contributed by atoms with Crippen LogP contribution in [0.1, 0.15) is 25.5 Å². The zero-order valence-electron chi connectivity index (χ0n) is 16.5. The lowest BCUT2D eigenvalue weighted by Crippen LogP contribution is -2.62. The molecule has 0 spiro atoms. The number of aliphatic imine (C=N–C) groups is 1. The maximum Gasteiger partial charge on any atom is 0.191 e. The van der Waals surface area contributed by atoms with Crippen molar-refractivity contribution in [3.8, 4) is 0 Å². The van der Waals surface area contributed by atoms with Gasteiger partial charge < -0.3 is 10.6 Å². The van der Waals surface area contributed by atoms with Gasteiger partial charge in [-0.3, -0.25) is 14.8 Å². The molecule has 2 aromatic carbocycles. The van der Waals surface area contributed by atoms with E-state index in [1.54, 1.807) is 0 Å². The van der Waals surface area contributed by atoms with Crippen LogP contribution in [-0.2, 0) is 0 Å². The van der Waals surface area contributed by atoms with Crippen molar-refractivity contribution in [3.63, 3.8) is 0 Å². The van der Waals surface area contributed by atoms with Crippen LogP contribution in [0.2, 0.25) is 0 Å². The second-order valence-corrected chi connectivity index (χ2v) is 7.64. The molecule has 2 unspecified atom stereocenters. The normalized spacial score (nSPS) is 26.1. The number of nitrogens with one attached hydrogen (secondary N) is 2. The average molecular weight is 366 g/mol. The molecule has 3 saturated heterocycles. The van der Waals surface area contributed by atoms with Crippen LogP contribution in [0.25, 0.3) is 10.8 Å². The third-order valence-electron chi connectivity index (χ3n) is 5.84. The highest BCUT2D eigenvalue weighted by Crippen LogP contribution is 2.24. The van der Waals surface area contributed by atoms with Crippen LogP contribution in [0.4, 0.5) is 0 Å². The molecule has 0 aliphatic carbocycles. The molecule has 0 saturated carbocycles. The van der Waals surface area contributed by atoms with E-state index in [0.29, 0.717) is 6.04 Å². The van der Waals surface area contributed by atoms with E-state index < -0.39 is 0 Å². The molecular weight excluding hydrogens is 334 g/mol. The predicted molar refractivity (Wildman–Crippen MR) is 113 cm³/mol. The monoisotopic (exact) mass is 365 g/mol. The standard InChI is InChI=1S/C22H31N5/c1-3-23-22(24-15-19-16-26-11-13-27(19)14-12-26)25-17(2)20-10-6-8-18-7-4-5-9-21(18)20/h4-10,17,19H,3,11-16H2,1-2H3,(H2,23,24,25). The Balaban J connectivity index is 1.47. The van der Waals surface area contributed by atoms with Crippen LogP contribution in [0.5, 0.6) is 0 Å². The quantitative estimate of drug-likeness (QED) is 0.631. The van der Waals surface area contributed by atoms with Crippen molar-refractivity contribution >= 4 is 16.7 Å². The van der Waals surface area contributed by atoms with Crippen LogP contribution >= 0.6 is 0 Å². The van der Waals surface area contributed by atoms with Gasteiger partial charge in [0, 0.05) is 45.3 Å². The first kappa shape index (κ1) is 18.3. The lowest BCUT2D eigenvalue weighted by atomic mass is 10.00. The first-order chi connectivity index (χ1) is 13.2. The molecular formula is C22H31N5. The SMILES string of the molecule is CCNC(=NCC1CN2CCN1CC2)NC(C)c1cccc2ccccc12. The fourth-order valence-electron chi connectivity index (χ4n) is 4.33. The number of hydrogen-bond donors (Lipinski definition) is 2. The van der Waals surface area contributed by atoms with Crippen LogP contribution in [0.3, 0.4) is 0 Å². The zero-order chi connectivity index (χ0) is 18.6. The topological polar surface area (TPSA) is 42.9 Å². The molecule has 2 bridgehead atoms. The van der Waals surface area contributed by atoms with Crippen molar-refractivity contribution in [1.82, 2.24) is 20.4 Å². The van der Waals surface area contributed by atoms with Crippen molar-refractivity contribution in [1.29, 1.82) is 0 Å². The van der Waals surface area contributed by atoms with Crippen molar-refractivity contribution < 1.29 is 0 Å². The molecule has 144 valence electrons. The Kier molecular flexibility index (Phi) is 5.60. The molecule has 5 heteroatoms. The summed E-state index contributed by atoms with van der Waals surface area (Å²) in [6, 6.07) is 15.9. The van der Waals surface area contributed by atoms with Crippen LogP contribution < -0.4 is 10.6 Å². The summed E-state index contributed by atoms with van der Waals surface area (Å²) in [7, 11) is 0.